The Morgan fingerprint density at radius 2 is 2.35 bits per heavy atom. The molecule has 0 heterocycles. The van der Waals surface area contributed by atoms with E-state index in [1.165, 1.54) is 18.2 Å². The van der Waals surface area contributed by atoms with E-state index >= 15 is 0 Å². The Morgan fingerprint density at radius 1 is 1.59 bits per heavy atom. The molecule has 0 aromatic heterocycles. The summed E-state index contributed by atoms with van der Waals surface area (Å²) in [5.41, 5.74) is 2.58. The molecule has 17 heavy (non-hydrogen) atoms. The number of nitro benzene ring substituents is 1. The Bertz CT molecular complexity index is 483. The number of benzene rings is 1. The van der Waals surface area contributed by atoms with Gasteiger partial charge in [-0.05, 0) is 12.1 Å². The summed E-state index contributed by atoms with van der Waals surface area (Å²) < 4.78 is 0. The number of nitro groups is 1. The Labute approximate surface area is 102 Å². The van der Waals surface area contributed by atoms with Crippen molar-refractivity contribution in [2.24, 2.45) is 10.3 Å². The molecule has 8 heteroatoms. The number of nitrogens with zero attached hydrogens (tertiary/aromatic N) is 4. The molecule has 7 nitrogen and oxygen atoms in total. The quantitative estimate of drug-likeness (QED) is 0.377. The van der Waals surface area contributed by atoms with Crippen LogP contribution in [0.25, 0.3) is 0 Å². The van der Waals surface area contributed by atoms with Crippen molar-refractivity contribution in [2.45, 2.75) is 0 Å². The van der Waals surface area contributed by atoms with E-state index in [4.69, 9.17) is 16.9 Å². The molecule has 0 bridgehead atoms. The van der Waals surface area contributed by atoms with E-state index in [2.05, 4.69) is 15.8 Å². The van der Waals surface area contributed by atoms with Crippen LogP contribution in [0.4, 0.5) is 11.4 Å². The van der Waals surface area contributed by atoms with Gasteiger partial charge in [0.2, 0.25) is 0 Å². The number of anilines is 1. The smallest absolute Gasteiger partial charge is 0.258 e. The minimum Gasteiger partial charge on any atom is -0.258 e. The molecule has 0 atom stereocenters. The highest BCUT2D eigenvalue weighted by Crippen LogP contribution is 2.25. The zero-order valence-electron chi connectivity index (χ0n) is 8.63. The normalized spacial score (nSPS) is 10.1. The van der Waals surface area contributed by atoms with Crippen LogP contribution in [0.2, 0.25) is 0 Å². The maximum atomic E-state index is 10.7. The van der Waals surface area contributed by atoms with Crippen molar-refractivity contribution >= 4 is 23.0 Å². The zero-order chi connectivity index (χ0) is 12.7. The molecule has 0 aliphatic heterocycles. The predicted molar refractivity (Wildman–Crippen MR) is 61.9 cm³/mol. The van der Waals surface area contributed by atoms with E-state index in [0.29, 0.717) is 12.4 Å². The van der Waals surface area contributed by atoms with Gasteiger partial charge in [0.15, 0.2) is 0 Å². The van der Waals surface area contributed by atoms with Gasteiger partial charge in [-0.3, -0.25) is 15.5 Å². The van der Waals surface area contributed by atoms with Crippen LogP contribution in [0.1, 0.15) is 5.56 Å². The Morgan fingerprint density at radius 3 is 2.94 bits per heavy atom. The monoisotopic (exact) mass is 253 g/mol. The lowest BCUT2D eigenvalue weighted by Crippen LogP contribution is -1.96. The van der Waals surface area contributed by atoms with Gasteiger partial charge in [0.1, 0.15) is 5.69 Å². The first-order valence-electron chi connectivity index (χ1n) is 4.56. The summed E-state index contributed by atoms with van der Waals surface area (Å²) in [5, 5.41) is 26.5. The van der Waals surface area contributed by atoms with Crippen molar-refractivity contribution in [3.05, 3.63) is 33.9 Å². The second kappa shape index (κ2) is 6.40. The molecule has 0 aliphatic rings. The highest BCUT2D eigenvalue weighted by molar-refractivity contribution is 6.18. The van der Waals surface area contributed by atoms with Crippen LogP contribution in [0, 0.1) is 21.4 Å². The molecule has 0 saturated heterocycles. The summed E-state index contributed by atoms with van der Waals surface area (Å²) in [4.78, 5) is 10.1. The van der Waals surface area contributed by atoms with Crippen LogP contribution in [0.15, 0.2) is 28.5 Å². The van der Waals surface area contributed by atoms with E-state index in [9.17, 15) is 10.1 Å². The molecule has 88 valence electrons. The van der Waals surface area contributed by atoms with Gasteiger partial charge in [-0.1, -0.05) is 5.22 Å². The Hall–Kier alpha value is -2.20. The molecule has 0 aliphatic carbocycles. The number of nitrogens with one attached hydrogen (secondary N) is 1. The van der Waals surface area contributed by atoms with Crippen molar-refractivity contribution < 1.29 is 4.92 Å². The fourth-order valence-electron chi connectivity index (χ4n) is 1.02. The van der Waals surface area contributed by atoms with E-state index in [1.54, 1.807) is 0 Å². The number of rotatable bonds is 5. The van der Waals surface area contributed by atoms with Crippen LogP contribution >= 0.6 is 11.6 Å². The average Bonchev–Trinajstić information content (AvgIpc) is 2.34. The molecule has 0 spiro atoms. The van der Waals surface area contributed by atoms with Crippen molar-refractivity contribution in [1.29, 1.82) is 5.26 Å². The second-order valence-electron chi connectivity index (χ2n) is 2.87. The van der Waals surface area contributed by atoms with E-state index < -0.39 is 4.92 Å². The third-order valence-corrected chi connectivity index (χ3v) is 1.92. The predicted octanol–water partition coefficient (Wildman–Crippen LogP) is 2.48. The van der Waals surface area contributed by atoms with Gasteiger partial charge < -0.3 is 0 Å². The van der Waals surface area contributed by atoms with Crippen LogP contribution < -0.4 is 5.43 Å². The van der Waals surface area contributed by atoms with Crippen molar-refractivity contribution in [1.82, 2.24) is 0 Å². The molecule has 0 saturated carbocycles. The number of hydrogen-bond acceptors (Lipinski definition) is 5. The lowest BCUT2D eigenvalue weighted by atomic mass is 10.2. The zero-order valence-corrected chi connectivity index (χ0v) is 9.39. The molecule has 1 rings (SSSR count). The second-order valence-corrected chi connectivity index (χ2v) is 3.24. The Kier molecular flexibility index (Phi) is 4.84. The summed E-state index contributed by atoms with van der Waals surface area (Å²) in [6.45, 7) is 0.318. The molecule has 0 unspecified atom stereocenters. The van der Waals surface area contributed by atoms with Gasteiger partial charge in [-0.15, -0.1) is 11.6 Å². The van der Waals surface area contributed by atoms with Crippen molar-refractivity contribution in [2.75, 3.05) is 17.9 Å². The largest absolute Gasteiger partial charge is 0.295 e. The van der Waals surface area contributed by atoms with Crippen LogP contribution in [-0.2, 0) is 0 Å². The summed E-state index contributed by atoms with van der Waals surface area (Å²) in [5.74, 6) is 0.320. The number of alkyl halides is 1. The van der Waals surface area contributed by atoms with Gasteiger partial charge in [0, 0.05) is 11.9 Å². The third kappa shape index (κ3) is 3.70. The standard InChI is InChI=1S/C9H8ClN5O2/c10-3-4-12-14-13-8-2-1-7(6-11)5-9(8)15(16)17/h1-2,5H,3-4H2,(H,12,13). The van der Waals surface area contributed by atoms with Gasteiger partial charge in [-0.25, -0.2) is 0 Å². The SMILES string of the molecule is N#Cc1ccc(NN=NCCCl)c([N+](=O)[O-])c1. The summed E-state index contributed by atoms with van der Waals surface area (Å²) in [7, 11) is 0. The van der Waals surface area contributed by atoms with E-state index in [0.717, 1.165) is 0 Å². The summed E-state index contributed by atoms with van der Waals surface area (Å²) in [6, 6.07) is 5.84. The number of halogens is 1. The maximum absolute atomic E-state index is 10.7. The molecule has 1 N–H and O–H groups in total. The lowest BCUT2D eigenvalue weighted by Gasteiger charge is -2.00. The summed E-state index contributed by atoms with van der Waals surface area (Å²) in [6.07, 6.45) is 0. The lowest BCUT2D eigenvalue weighted by molar-refractivity contribution is -0.384. The first-order valence-corrected chi connectivity index (χ1v) is 5.09. The molecular formula is C9H8ClN5O2. The minimum absolute atomic E-state index is 0.173. The van der Waals surface area contributed by atoms with Gasteiger partial charge in [-0.2, -0.15) is 10.4 Å². The number of hydrogen-bond donors (Lipinski definition) is 1. The minimum atomic E-state index is -0.597. The van der Waals surface area contributed by atoms with Gasteiger partial charge >= 0.3 is 0 Å². The van der Waals surface area contributed by atoms with Gasteiger partial charge in [0.25, 0.3) is 5.69 Å². The van der Waals surface area contributed by atoms with Crippen LogP contribution in [-0.4, -0.2) is 17.3 Å². The van der Waals surface area contributed by atoms with E-state index in [1.807, 2.05) is 6.07 Å². The maximum Gasteiger partial charge on any atom is 0.295 e. The first kappa shape index (κ1) is 12.9. The fraction of sp³-hybridized carbons (Fsp3) is 0.222. The molecular weight excluding hydrogens is 246 g/mol. The summed E-state index contributed by atoms with van der Waals surface area (Å²) >= 11 is 5.38. The fourth-order valence-corrected chi connectivity index (χ4v) is 1.10. The van der Waals surface area contributed by atoms with Crippen molar-refractivity contribution in [3.8, 4) is 6.07 Å². The first-order chi connectivity index (χ1) is 8.19. The highest BCUT2D eigenvalue weighted by atomic mass is 35.5. The van der Waals surface area contributed by atoms with Gasteiger partial charge in [0.05, 0.1) is 23.1 Å². The molecule has 1 aromatic carbocycles. The molecule has 1 aromatic rings. The van der Waals surface area contributed by atoms with Crippen LogP contribution in [0.5, 0.6) is 0 Å². The van der Waals surface area contributed by atoms with Crippen LogP contribution in [0.3, 0.4) is 0 Å². The molecule has 0 radical (unpaired) electrons. The third-order valence-electron chi connectivity index (χ3n) is 1.75. The topological polar surface area (TPSA) is 104 Å². The van der Waals surface area contributed by atoms with E-state index in [-0.39, 0.29) is 16.9 Å². The molecule has 0 amide bonds. The number of nitriles is 1. The van der Waals surface area contributed by atoms with Crippen molar-refractivity contribution in [3.63, 3.8) is 0 Å². The Balaban J connectivity index is 2.92. The average molecular weight is 254 g/mol. The highest BCUT2D eigenvalue weighted by Gasteiger charge is 2.14. The molecule has 0 fully saturated rings.